The lowest BCUT2D eigenvalue weighted by Crippen LogP contribution is -2.46. The summed E-state index contributed by atoms with van der Waals surface area (Å²) in [6.45, 7) is 7.55. The second-order valence-electron chi connectivity index (χ2n) is 6.57. The zero-order valence-electron chi connectivity index (χ0n) is 14.7. The van der Waals surface area contributed by atoms with E-state index in [0.717, 1.165) is 74.4 Å². The molecule has 134 valence electrons. The minimum absolute atomic E-state index is 0.165. The first-order valence-corrected chi connectivity index (χ1v) is 9.77. The number of likely N-dealkylation sites (tertiary alicyclic amines) is 1. The molecule has 0 aliphatic carbocycles. The summed E-state index contributed by atoms with van der Waals surface area (Å²) >= 11 is 1.47. The van der Waals surface area contributed by atoms with Crippen LogP contribution in [0.3, 0.4) is 0 Å². The van der Waals surface area contributed by atoms with Gasteiger partial charge in [-0.1, -0.05) is 11.3 Å². The van der Waals surface area contributed by atoms with Crippen molar-refractivity contribution in [1.29, 1.82) is 0 Å². The molecule has 1 atom stereocenters. The molecule has 1 N–H and O–H groups in total. The van der Waals surface area contributed by atoms with Gasteiger partial charge in [-0.25, -0.2) is 4.98 Å². The van der Waals surface area contributed by atoms with Crippen molar-refractivity contribution < 1.29 is 9.53 Å². The molecule has 0 aromatic carbocycles. The maximum absolute atomic E-state index is 13.0. The average Bonchev–Trinajstić information content (AvgIpc) is 3.01. The van der Waals surface area contributed by atoms with Crippen LogP contribution in [0.5, 0.6) is 0 Å². The number of piperidine rings is 1. The van der Waals surface area contributed by atoms with Gasteiger partial charge >= 0.3 is 0 Å². The van der Waals surface area contributed by atoms with Gasteiger partial charge in [-0.2, -0.15) is 0 Å². The third kappa shape index (κ3) is 4.07. The lowest BCUT2D eigenvalue weighted by molar-refractivity contribution is 0.0296. The highest BCUT2D eigenvalue weighted by Crippen LogP contribution is 2.28. The number of amides is 1. The molecule has 1 aromatic heterocycles. The Morgan fingerprint density at radius 2 is 2.12 bits per heavy atom. The van der Waals surface area contributed by atoms with Crippen LogP contribution in [0.25, 0.3) is 0 Å². The van der Waals surface area contributed by atoms with Crippen LogP contribution in [0.2, 0.25) is 0 Å². The molecule has 3 heterocycles. The van der Waals surface area contributed by atoms with Crippen molar-refractivity contribution in [3.8, 4) is 0 Å². The van der Waals surface area contributed by atoms with E-state index in [9.17, 15) is 4.79 Å². The number of ether oxygens (including phenoxy) is 1. The molecular formula is C17H28N4O2S. The molecular weight excluding hydrogens is 324 g/mol. The van der Waals surface area contributed by atoms with Crippen molar-refractivity contribution in [2.45, 2.75) is 38.6 Å². The number of carbonyl (C=O) groups excluding carboxylic acids is 1. The van der Waals surface area contributed by atoms with Gasteiger partial charge < -0.3 is 15.0 Å². The van der Waals surface area contributed by atoms with E-state index in [0.29, 0.717) is 6.04 Å². The van der Waals surface area contributed by atoms with Gasteiger partial charge in [0.1, 0.15) is 4.88 Å². The zero-order valence-corrected chi connectivity index (χ0v) is 15.5. The van der Waals surface area contributed by atoms with Crippen LogP contribution in [-0.4, -0.2) is 73.2 Å². The van der Waals surface area contributed by atoms with E-state index in [2.05, 4.69) is 20.1 Å². The number of aryl methyl sites for hydroxylation is 1. The number of hydrogen-bond acceptors (Lipinski definition) is 6. The number of anilines is 1. The maximum Gasteiger partial charge on any atom is 0.266 e. The highest BCUT2D eigenvalue weighted by molar-refractivity contribution is 7.17. The van der Waals surface area contributed by atoms with Crippen LogP contribution in [0.1, 0.15) is 41.0 Å². The lowest BCUT2D eigenvalue weighted by atomic mass is 9.98. The van der Waals surface area contributed by atoms with Gasteiger partial charge in [0, 0.05) is 39.3 Å². The summed E-state index contributed by atoms with van der Waals surface area (Å²) in [5, 5.41) is 3.86. The Morgan fingerprint density at radius 1 is 1.33 bits per heavy atom. The van der Waals surface area contributed by atoms with Gasteiger partial charge in [0.25, 0.3) is 5.91 Å². The molecule has 2 saturated heterocycles. The largest absolute Gasteiger partial charge is 0.379 e. The fourth-order valence-corrected chi connectivity index (χ4v) is 4.43. The average molecular weight is 353 g/mol. The van der Waals surface area contributed by atoms with Gasteiger partial charge in [0.15, 0.2) is 5.13 Å². The molecule has 1 amide bonds. The molecule has 0 unspecified atom stereocenters. The Balaban J connectivity index is 1.64. The Bertz CT molecular complexity index is 557. The lowest BCUT2D eigenvalue weighted by Gasteiger charge is -2.37. The maximum atomic E-state index is 13.0. The Morgan fingerprint density at radius 3 is 2.83 bits per heavy atom. The molecule has 7 heteroatoms. The minimum atomic E-state index is 0.165. The Labute approximate surface area is 148 Å². The van der Waals surface area contributed by atoms with E-state index < -0.39 is 0 Å². The fourth-order valence-electron chi connectivity index (χ4n) is 3.56. The number of morpholine rings is 1. The van der Waals surface area contributed by atoms with Gasteiger partial charge in [0.2, 0.25) is 0 Å². The van der Waals surface area contributed by atoms with Crippen LogP contribution in [0.4, 0.5) is 5.13 Å². The highest BCUT2D eigenvalue weighted by atomic mass is 32.1. The number of rotatable bonds is 5. The number of carbonyl (C=O) groups is 1. The van der Waals surface area contributed by atoms with E-state index >= 15 is 0 Å². The van der Waals surface area contributed by atoms with Crippen molar-refractivity contribution in [2.24, 2.45) is 0 Å². The minimum Gasteiger partial charge on any atom is -0.379 e. The van der Waals surface area contributed by atoms with Crippen molar-refractivity contribution in [3.05, 3.63) is 10.6 Å². The van der Waals surface area contributed by atoms with E-state index in [1.807, 2.05) is 14.0 Å². The summed E-state index contributed by atoms with van der Waals surface area (Å²) in [5.74, 6) is 0.165. The topological polar surface area (TPSA) is 57.7 Å². The van der Waals surface area contributed by atoms with Crippen LogP contribution < -0.4 is 5.32 Å². The van der Waals surface area contributed by atoms with Crippen molar-refractivity contribution in [2.75, 3.05) is 51.8 Å². The summed E-state index contributed by atoms with van der Waals surface area (Å²) in [6.07, 6.45) is 4.51. The highest BCUT2D eigenvalue weighted by Gasteiger charge is 2.30. The quantitative estimate of drug-likeness (QED) is 0.880. The van der Waals surface area contributed by atoms with Crippen molar-refractivity contribution in [1.82, 2.24) is 14.8 Å². The number of thiazole rings is 1. The molecule has 6 nitrogen and oxygen atoms in total. The monoisotopic (exact) mass is 352 g/mol. The SMILES string of the molecule is CNc1nc(C)c(C(=O)N2CCCC[C@@H]2CCN2CCOCC2)s1. The predicted octanol–water partition coefficient (Wildman–Crippen LogP) is 2.21. The molecule has 1 aromatic rings. The molecule has 2 aliphatic heterocycles. The summed E-state index contributed by atoms with van der Waals surface area (Å²) in [5.41, 5.74) is 0.840. The fraction of sp³-hybridized carbons (Fsp3) is 0.765. The molecule has 0 saturated carbocycles. The summed E-state index contributed by atoms with van der Waals surface area (Å²) in [6, 6.07) is 0.355. The molecule has 0 radical (unpaired) electrons. The second kappa shape index (κ2) is 8.27. The van der Waals surface area contributed by atoms with Crippen molar-refractivity contribution in [3.63, 3.8) is 0 Å². The summed E-state index contributed by atoms with van der Waals surface area (Å²) in [7, 11) is 1.85. The third-order valence-corrected chi connectivity index (χ3v) is 6.14. The van der Waals surface area contributed by atoms with Crippen LogP contribution >= 0.6 is 11.3 Å². The molecule has 0 bridgehead atoms. The van der Waals surface area contributed by atoms with Gasteiger partial charge in [-0.3, -0.25) is 9.69 Å². The van der Waals surface area contributed by atoms with E-state index in [-0.39, 0.29) is 5.91 Å². The standard InChI is InChI=1S/C17H28N4O2S/c1-13-15(24-17(18-2)19-13)16(22)21-7-4-3-5-14(21)6-8-20-9-11-23-12-10-20/h14H,3-12H2,1-2H3,(H,18,19)/t14-/m1/s1. The number of nitrogens with zero attached hydrogens (tertiary/aromatic N) is 3. The van der Waals surface area contributed by atoms with Gasteiger partial charge in [-0.05, 0) is 32.6 Å². The zero-order chi connectivity index (χ0) is 16.9. The molecule has 0 spiro atoms. The van der Waals surface area contributed by atoms with E-state index in [1.165, 1.54) is 17.8 Å². The molecule has 2 aliphatic rings. The Kier molecular flexibility index (Phi) is 6.08. The normalized spacial score (nSPS) is 22.6. The Hall–Kier alpha value is -1.18. The summed E-state index contributed by atoms with van der Waals surface area (Å²) in [4.78, 5) is 22.8. The van der Waals surface area contributed by atoms with Gasteiger partial charge in [0.05, 0.1) is 18.9 Å². The summed E-state index contributed by atoms with van der Waals surface area (Å²) < 4.78 is 5.42. The first-order chi connectivity index (χ1) is 11.7. The third-order valence-electron chi connectivity index (χ3n) is 4.97. The predicted molar refractivity (Wildman–Crippen MR) is 96.9 cm³/mol. The van der Waals surface area contributed by atoms with Crippen molar-refractivity contribution >= 4 is 22.4 Å². The van der Waals surface area contributed by atoms with Crippen LogP contribution in [0.15, 0.2) is 0 Å². The second-order valence-corrected chi connectivity index (χ2v) is 7.57. The number of nitrogens with one attached hydrogen (secondary N) is 1. The smallest absolute Gasteiger partial charge is 0.266 e. The van der Waals surface area contributed by atoms with Gasteiger partial charge in [-0.15, -0.1) is 0 Å². The molecule has 3 rings (SSSR count). The number of hydrogen-bond donors (Lipinski definition) is 1. The first kappa shape index (κ1) is 17.6. The van der Waals surface area contributed by atoms with E-state index in [1.54, 1.807) is 0 Å². The van der Waals surface area contributed by atoms with Crippen LogP contribution in [-0.2, 0) is 4.74 Å². The van der Waals surface area contributed by atoms with E-state index in [4.69, 9.17) is 4.74 Å². The molecule has 24 heavy (non-hydrogen) atoms. The number of aromatic nitrogens is 1. The molecule has 2 fully saturated rings. The van der Waals surface area contributed by atoms with Crippen LogP contribution in [0, 0.1) is 6.92 Å². The first-order valence-electron chi connectivity index (χ1n) is 8.95.